The first-order valence-corrected chi connectivity index (χ1v) is 7.42. The molecule has 1 saturated carbocycles. The Balaban J connectivity index is 2.05. The van der Waals surface area contributed by atoms with Crippen molar-refractivity contribution in [3.63, 3.8) is 0 Å². The van der Waals surface area contributed by atoms with Gasteiger partial charge in [-0.2, -0.15) is 0 Å². The Morgan fingerprint density at radius 1 is 1.33 bits per heavy atom. The lowest BCUT2D eigenvalue weighted by Gasteiger charge is -2.39. The minimum absolute atomic E-state index is 0.0256. The molecule has 0 radical (unpaired) electrons. The van der Waals surface area contributed by atoms with Crippen LogP contribution < -0.4 is 4.90 Å². The topological polar surface area (TPSA) is 33.2 Å². The third-order valence-corrected chi connectivity index (χ3v) is 4.57. The van der Waals surface area contributed by atoms with Gasteiger partial charge in [0.25, 0.3) is 0 Å². The summed E-state index contributed by atoms with van der Waals surface area (Å²) in [7, 11) is 0. The fourth-order valence-corrected chi connectivity index (χ4v) is 3.46. The highest BCUT2D eigenvalue weighted by Crippen LogP contribution is 2.35. The molecule has 0 aromatic carbocycles. The molecule has 1 aromatic heterocycles. The van der Waals surface area contributed by atoms with Gasteiger partial charge < -0.3 is 4.90 Å². The Labute approximate surface area is 116 Å². The van der Waals surface area contributed by atoms with Crippen LogP contribution in [0.2, 0.25) is 0 Å². The number of halogens is 1. The third-order valence-electron chi connectivity index (χ3n) is 4.13. The van der Waals surface area contributed by atoms with E-state index in [-0.39, 0.29) is 6.04 Å². The normalized spacial score (nSPS) is 24.4. The van der Waals surface area contributed by atoms with Gasteiger partial charge in [-0.25, -0.2) is 4.98 Å². The van der Waals surface area contributed by atoms with Gasteiger partial charge in [0.1, 0.15) is 10.4 Å². The molecule has 18 heavy (non-hydrogen) atoms. The molecule has 1 aromatic rings. The molecule has 0 N–H and O–H groups in total. The summed E-state index contributed by atoms with van der Waals surface area (Å²) in [4.78, 5) is 19.0. The SMILES string of the molecule is CC1C(=O)Cc2ccc(Br)nc2N1C1CCCC1. The van der Waals surface area contributed by atoms with Gasteiger partial charge in [-0.15, -0.1) is 0 Å². The van der Waals surface area contributed by atoms with Crippen molar-refractivity contribution in [1.82, 2.24) is 4.98 Å². The number of Topliss-reactive ketones (excluding diaryl/α,β-unsaturated/α-hetero) is 1. The van der Waals surface area contributed by atoms with Gasteiger partial charge in [-0.3, -0.25) is 4.79 Å². The number of pyridine rings is 1. The quantitative estimate of drug-likeness (QED) is 0.747. The van der Waals surface area contributed by atoms with Crippen LogP contribution in [0, 0.1) is 0 Å². The van der Waals surface area contributed by atoms with Crippen LogP contribution in [-0.4, -0.2) is 22.9 Å². The number of fused-ring (bicyclic) bond motifs is 1. The third kappa shape index (κ3) is 1.96. The molecule has 3 rings (SSSR count). The molecule has 1 aliphatic heterocycles. The van der Waals surface area contributed by atoms with Crippen LogP contribution in [0.3, 0.4) is 0 Å². The van der Waals surface area contributed by atoms with Crippen molar-refractivity contribution < 1.29 is 4.79 Å². The van der Waals surface area contributed by atoms with E-state index in [9.17, 15) is 4.79 Å². The van der Waals surface area contributed by atoms with E-state index < -0.39 is 0 Å². The van der Waals surface area contributed by atoms with Crippen molar-refractivity contribution in [3.05, 3.63) is 22.3 Å². The van der Waals surface area contributed by atoms with Crippen molar-refractivity contribution in [2.24, 2.45) is 0 Å². The van der Waals surface area contributed by atoms with Crippen LogP contribution in [0.25, 0.3) is 0 Å². The molecule has 1 aliphatic carbocycles. The summed E-state index contributed by atoms with van der Waals surface area (Å²) in [5, 5.41) is 0. The minimum Gasteiger partial charge on any atom is -0.344 e. The highest BCUT2D eigenvalue weighted by atomic mass is 79.9. The molecule has 2 aliphatic rings. The predicted octanol–water partition coefficient (Wildman–Crippen LogP) is 3.11. The Hall–Kier alpha value is -0.900. The number of ketones is 1. The summed E-state index contributed by atoms with van der Waals surface area (Å²) in [5.74, 6) is 1.34. The number of rotatable bonds is 1. The summed E-state index contributed by atoms with van der Waals surface area (Å²) in [6, 6.07) is 4.42. The van der Waals surface area contributed by atoms with E-state index in [4.69, 9.17) is 0 Å². The van der Waals surface area contributed by atoms with Gasteiger partial charge >= 0.3 is 0 Å². The Bertz CT molecular complexity index is 483. The summed E-state index contributed by atoms with van der Waals surface area (Å²) < 4.78 is 0.853. The van der Waals surface area contributed by atoms with E-state index in [1.54, 1.807) is 0 Å². The van der Waals surface area contributed by atoms with E-state index in [1.807, 2.05) is 19.1 Å². The van der Waals surface area contributed by atoms with Gasteiger partial charge in [0.15, 0.2) is 5.78 Å². The molecule has 1 fully saturated rings. The lowest BCUT2D eigenvalue weighted by atomic mass is 9.96. The van der Waals surface area contributed by atoms with Crippen molar-refractivity contribution in [3.8, 4) is 0 Å². The monoisotopic (exact) mass is 308 g/mol. The maximum atomic E-state index is 12.1. The molecular formula is C14H17BrN2O. The highest BCUT2D eigenvalue weighted by molar-refractivity contribution is 9.10. The Morgan fingerprint density at radius 3 is 2.78 bits per heavy atom. The number of carbonyl (C=O) groups excluding carboxylic acids is 1. The second-order valence-corrected chi connectivity index (χ2v) is 6.09. The van der Waals surface area contributed by atoms with Crippen molar-refractivity contribution in [2.75, 3.05) is 4.90 Å². The van der Waals surface area contributed by atoms with Crippen LogP contribution in [0.5, 0.6) is 0 Å². The van der Waals surface area contributed by atoms with Gasteiger partial charge in [0.05, 0.1) is 6.04 Å². The number of aromatic nitrogens is 1. The molecule has 0 saturated heterocycles. The van der Waals surface area contributed by atoms with Crippen molar-refractivity contribution in [1.29, 1.82) is 0 Å². The van der Waals surface area contributed by atoms with E-state index >= 15 is 0 Å². The zero-order chi connectivity index (χ0) is 12.7. The molecule has 3 nitrogen and oxygen atoms in total. The highest BCUT2D eigenvalue weighted by Gasteiger charge is 2.36. The number of nitrogens with zero attached hydrogens (tertiary/aromatic N) is 2. The van der Waals surface area contributed by atoms with E-state index in [0.717, 1.165) is 16.0 Å². The lowest BCUT2D eigenvalue weighted by molar-refractivity contribution is -0.119. The summed E-state index contributed by atoms with van der Waals surface area (Å²) in [6.45, 7) is 2.02. The summed E-state index contributed by atoms with van der Waals surface area (Å²) in [5.41, 5.74) is 1.08. The molecule has 0 amide bonds. The zero-order valence-corrected chi connectivity index (χ0v) is 12.1. The molecular weight excluding hydrogens is 292 g/mol. The molecule has 1 unspecified atom stereocenters. The first-order chi connectivity index (χ1) is 8.66. The molecule has 2 heterocycles. The maximum Gasteiger partial charge on any atom is 0.159 e. The average Bonchev–Trinajstić information content (AvgIpc) is 2.85. The van der Waals surface area contributed by atoms with Gasteiger partial charge in [0.2, 0.25) is 0 Å². The Morgan fingerprint density at radius 2 is 2.06 bits per heavy atom. The van der Waals surface area contributed by atoms with Crippen molar-refractivity contribution in [2.45, 2.75) is 51.1 Å². The molecule has 96 valence electrons. The smallest absolute Gasteiger partial charge is 0.159 e. The molecule has 1 atom stereocenters. The Kier molecular flexibility index (Phi) is 3.14. The zero-order valence-electron chi connectivity index (χ0n) is 10.5. The van der Waals surface area contributed by atoms with Crippen molar-refractivity contribution >= 4 is 27.5 Å². The van der Waals surface area contributed by atoms with Gasteiger partial charge in [0, 0.05) is 18.0 Å². The van der Waals surface area contributed by atoms with Gasteiger partial charge in [-0.1, -0.05) is 18.9 Å². The van der Waals surface area contributed by atoms with Crippen LogP contribution in [0.1, 0.15) is 38.2 Å². The van der Waals surface area contributed by atoms with Gasteiger partial charge in [-0.05, 0) is 41.8 Å². The summed E-state index contributed by atoms with van der Waals surface area (Å²) >= 11 is 3.44. The lowest BCUT2D eigenvalue weighted by Crippen LogP contribution is -2.49. The van der Waals surface area contributed by atoms with E-state index in [2.05, 4.69) is 25.8 Å². The van der Waals surface area contributed by atoms with E-state index in [1.165, 1.54) is 25.7 Å². The number of hydrogen-bond acceptors (Lipinski definition) is 3. The first kappa shape index (κ1) is 12.2. The fourth-order valence-electron chi connectivity index (χ4n) is 3.16. The fraction of sp³-hybridized carbons (Fsp3) is 0.571. The molecule has 0 spiro atoms. The van der Waals surface area contributed by atoms with E-state index in [0.29, 0.717) is 18.2 Å². The van der Waals surface area contributed by atoms with Crippen LogP contribution >= 0.6 is 15.9 Å². The second kappa shape index (κ2) is 4.65. The number of carbonyl (C=O) groups is 1. The average molecular weight is 309 g/mol. The van der Waals surface area contributed by atoms with Crippen LogP contribution in [0.4, 0.5) is 5.82 Å². The predicted molar refractivity (Wildman–Crippen MR) is 74.8 cm³/mol. The largest absolute Gasteiger partial charge is 0.344 e. The molecule has 4 heteroatoms. The second-order valence-electron chi connectivity index (χ2n) is 5.28. The first-order valence-electron chi connectivity index (χ1n) is 6.63. The number of hydrogen-bond donors (Lipinski definition) is 0. The standard InChI is InChI=1S/C14H17BrN2O/c1-9-12(18)8-10-6-7-13(15)16-14(10)17(9)11-4-2-3-5-11/h6-7,9,11H,2-5,8H2,1H3. The maximum absolute atomic E-state index is 12.1. The van der Waals surface area contributed by atoms with Crippen LogP contribution in [-0.2, 0) is 11.2 Å². The molecule has 0 bridgehead atoms. The van der Waals surface area contributed by atoms with Crippen LogP contribution in [0.15, 0.2) is 16.7 Å². The minimum atomic E-state index is -0.0256. The summed E-state index contributed by atoms with van der Waals surface area (Å²) in [6.07, 6.45) is 5.44. The number of anilines is 1.